The van der Waals surface area contributed by atoms with Gasteiger partial charge in [-0.3, -0.25) is 9.59 Å². The number of hydrogen-bond donors (Lipinski definition) is 1. The maximum absolute atomic E-state index is 12.9. The van der Waals surface area contributed by atoms with Crippen LogP contribution in [-0.2, 0) is 6.42 Å². The van der Waals surface area contributed by atoms with Crippen molar-refractivity contribution in [1.29, 1.82) is 0 Å². The molecule has 0 saturated heterocycles. The number of benzene rings is 2. The summed E-state index contributed by atoms with van der Waals surface area (Å²) in [5.41, 5.74) is 4.51. The van der Waals surface area contributed by atoms with Gasteiger partial charge < -0.3 is 10.2 Å². The molecule has 2 amide bonds. The van der Waals surface area contributed by atoms with Crippen LogP contribution >= 0.6 is 0 Å². The highest BCUT2D eigenvalue weighted by Crippen LogP contribution is 2.29. The molecule has 142 valence electrons. The molecule has 2 aromatic carbocycles. The minimum atomic E-state index is -0.0316. The van der Waals surface area contributed by atoms with Gasteiger partial charge >= 0.3 is 0 Å². The number of nitrogens with one attached hydrogen (secondary N) is 1. The first kappa shape index (κ1) is 19.2. The fraction of sp³-hybridized carbons (Fsp3) is 0.391. The van der Waals surface area contributed by atoms with E-state index in [0.717, 1.165) is 48.9 Å². The zero-order chi connectivity index (χ0) is 19.2. The molecule has 1 aliphatic heterocycles. The molecule has 0 saturated carbocycles. The van der Waals surface area contributed by atoms with E-state index in [0.29, 0.717) is 24.2 Å². The van der Waals surface area contributed by atoms with Crippen LogP contribution in [0.2, 0.25) is 0 Å². The van der Waals surface area contributed by atoms with E-state index in [4.69, 9.17) is 0 Å². The number of nitrogens with zero attached hydrogens (tertiary/aromatic N) is 1. The van der Waals surface area contributed by atoms with Crippen molar-refractivity contribution in [3.05, 3.63) is 64.7 Å². The molecule has 0 unspecified atom stereocenters. The minimum Gasteiger partial charge on any atom is -0.352 e. The molecule has 0 spiro atoms. The summed E-state index contributed by atoms with van der Waals surface area (Å²) >= 11 is 0. The first-order valence-corrected chi connectivity index (χ1v) is 9.90. The first-order chi connectivity index (χ1) is 13.1. The number of anilines is 1. The maximum atomic E-state index is 12.9. The van der Waals surface area contributed by atoms with Gasteiger partial charge in [-0.2, -0.15) is 0 Å². The molecule has 0 bridgehead atoms. The van der Waals surface area contributed by atoms with Gasteiger partial charge in [-0.05, 0) is 62.1 Å². The van der Waals surface area contributed by atoms with Crippen LogP contribution in [0.1, 0.15) is 64.4 Å². The zero-order valence-electron chi connectivity index (χ0n) is 16.3. The largest absolute Gasteiger partial charge is 0.352 e. The summed E-state index contributed by atoms with van der Waals surface area (Å²) < 4.78 is 0. The van der Waals surface area contributed by atoms with Crippen LogP contribution in [-0.4, -0.2) is 24.9 Å². The fourth-order valence-corrected chi connectivity index (χ4v) is 3.48. The second kappa shape index (κ2) is 8.85. The van der Waals surface area contributed by atoms with E-state index >= 15 is 0 Å². The van der Waals surface area contributed by atoms with Gasteiger partial charge in [0.25, 0.3) is 11.8 Å². The Morgan fingerprint density at radius 2 is 1.78 bits per heavy atom. The standard InChI is InChI=1S/C23H28N2O2/c1-3-4-5-14-24-22(26)20-12-13-21-19(16-20)7-6-15-25(21)23(27)18-10-8-17(2)9-11-18/h8-13,16H,3-7,14-15H2,1-2H3,(H,24,26). The van der Waals surface area contributed by atoms with Gasteiger partial charge in [-0.25, -0.2) is 0 Å². The maximum Gasteiger partial charge on any atom is 0.258 e. The highest BCUT2D eigenvalue weighted by atomic mass is 16.2. The number of fused-ring (bicyclic) bond motifs is 1. The van der Waals surface area contributed by atoms with E-state index in [9.17, 15) is 9.59 Å². The summed E-state index contributed by atoms with van der Waals surface area (Å²) in [5, 5.41) is 2.99. The van der Waals surface area contributed by atoms with Crippen molar-refractivity contribution in [3.8, 4) is 0 Å². The molecule has 1 heterocycles. The van der Waals surface area contributed by atoms with E-state index < -0.39 is 0 Å². The van der Waals surface area contributed by atoms with Crippen LogP contribution in [0, 0.1) is 6.92 Å². The summed E-state index contributed by atoms with van der Waals surface area (Å²) in [7, 11) is 0. The Balaban J connectivity index is 1.75. The van der Waals surface area contributed by atoms with Crippen molar-refractivity contribution in [2.24, 2.45) is 0 Å². The lowest BCUT2D eigenvalue weighted by molar-refractivity contribution is 0.0952. The van der Waals surface area contributed by atoms with Crippen molar-refractivity contribution >= 4 is 17.5 Å². The summed E-state index contributed by atoms with van der Waals surface area (Å²) in [6.07, 6.45) is 5.07. The first-order valence-electron chi connectivity index (χ1n) is 9.90. The Morgan fingerprint density at radius 1 is 1.04 bits per heavy atom. The molecule has 0 aliphatic carbocycles. The molecule has 3 rings (SSSR count). The fourth-order valence-electron chi connectivity index (χ4n) is 3.48. The number of unbranched alkanes of at least 4 members (excludes halogenated alkanes) is 2. The third-order valence-corrected chi connectivity index (χ3v) is 5.07. The van der Waals surface area contributed by atoms with E-state index in [1.54, 1.807) is 0 Å². The molecule has 1 aliphatic rings. The molecule has 4 nitrogen and oxygen atoms in total. The van der Waals surface area contributed by atoms with Crippen LogP contribution < -0.4 is 10.2 Å². The Bertz CT molecular complexity index is 812. The Labute approximate surface area is 161 Å². The summed E-state index contributed by atoms with van der Waals surface area (Å²) in [6.45, 7) is 5.58. The van der Waals surface area contributed by atoms with E-state index in [-0.39, 0.29) is 11.8 Å². The number of hydrogen-bond acceptors (Lipinski definition) is 2. The number of carbonyl (C=O) groups excluding carboxylic acids is 2. The van der Waals surface area contributed by atoms with Crippen LogP contribution in [0.5, 0.6) is 0 Å². The molecule has 0 fully saturated rings. The normalized spacial score (nSPS) is 13.2. The molecule has 0 atom stereocenters. The molecule has 27 heavy (non-hydrogen) atoms. The van der Waals surface area contributed by atoms with Gasteiger partial charge in [-0.1, -0.05) is 37.5 Å². The highest BCUT2D eigenvalue weighted by Gasteiger charge is 2.24. The van der Waals surface area contributed by atoms with Crippen molar-refractivity contribution in [2.75, 3.05) is 18.0 Å². The van der Waals surface area contributed by atoms with Gasteiger partial charge in [0.1, 0.15) is 0 Å². The van der Waals surface area contributed by atoms with Gasteiger partial charge in [0, 0.05) is 29.9 Å². The lowest BCUT2D eigenvalue weighted by Gasteiger charge is -2.30. The average Bonchev–Trinajstić information content (AvgIpc) is 2.70. The monoisotopic (exact) mass is 364 g/mol. The third-order valence-electron chi connectivity index (χ3n) is 5.07. The quantitative estimate of drug-likeness (QED) is 0.767. The van der Waals surface area contributed by atoms with Crippen molar-refractivity contribution in [2.45, 2.75) is 46.0 Å². The third kappa shape index (κ3) is 4.57. The van der Waals surface area contributed by atoms with Crippen molar-refractivity contribution < 1.29 is 9.59 Å². The minimum absolute atomic E-state index is 0.0210. The SMILES string of the molecule is CCCCCNC(=O)c1ccc2c(c1)CCCN2C(=O)c1ccc(C)cc1. The van der Waals surface area contributed by atoms with Crippen LogP contribution in [0.15, 0.2) is 42.5 Å². The zero-order valence-corrected chi connectivity index (χ0v) is 16.3. The Kier molecular flexibility index (Phi) is 6.28. The van der Waals surface area contributed by atoms with Crippen LogP contribution in [0.25, 0.3) is 0 Å². The molecule has 4 heteroatoms. The van der Waals surface area contributed by atoms with Gasteiger partial charge in [-0.15, -0.1) is 0 Å². The number of amides is 2. The predicted molar refractivity (Wildman–Crippen MR) is 109 cm³/mol. The summed E-state index contributed by atoms with van der Waals surface area (Å²) in [6, 6.07) is 13.4. The predicted octanol–water partition coefficient (Wildman–Crippen LogP) is 4.51. The lowest BCUT2D eigenvalue weighted by atomic mass is 9.98. The highest BCUT2D eigenvalue weighted by molar-refractivity contribution is 6.07. The van der Waals surface area contributed by atoms with Crippen molar-refractivity contribution in [3.63, 3.8) is 0 Å². The Morgan fingerprint density at radius 3 is 2.52 bits per heavy atom. The Hall–Kier alpha value is -2.62. The molecular weight excluding hydrogens is 336 g/mol. The molecule has 1 N–H and O–H groups in total. The van der Waals surface area contributed by atoms with Crippen molar-refractivity contribution in [1.82, 2.24) is 5.32 Å². The molecule has 0 radical (unpaired) electrons. The van der Waals surface area contributed by atoms with Crippen LogP contribution in [0.3, 0.4) is 0 Å². The second-order valence-corrected chi connectivity index (χ2v) is 7.23. The second-order valence-electron chi connectivity index (χ2n) is 7.23. The van der Waals surface area contributed by atoms with E-state index in [2.05, 4.69) is 12.2 Å². The van der Waals surface area contributed by atoms with E-state index in [1.807, 2.05) is 54.3 Å². The van der Waals surface area contributed by atoms with Gasteiger partial charge in [0.05, 0.1) is 0 Å². The van der Waals surface area contributed by atoms with E-state index in [1.165, 1.54) is 0 Å². The molecular formula is C23H28N2O2. The van der Waals surface area contributed by atoms with Gasteiger partial charge in [0.15, 0.2) is 0 Å². The summed E-state index contributed by atoms with van der Waals surface area (Å²) in [5.74, 6) is -0.0106. The molecule has 2 aromatic rings. The van der Waals surface area contributed by atoms with Gasteiger partial charge in [0.2, 0.25) is 0 Å². The average molecular weight is 364 g/mol. The topological polar surface area (TPSA) is 49.4 Å². The lowest BCUT2D eigenvalue weighted by Crippen LogP contribution is -2.35. The number of carbonyl (C=O) groups is 2. The smallest absolute Gasteiger partial charge is 0.258 e. The van der Waals surface area contributed by atoms with Crippen LogP contribution in [0.4, 0.5) is 5.69 Å². The number of aryl methyl sites for hydroxylation is 2. The summed E-state index contributed by atoms with van der Waals surface area (Å²) in [4.78, 5) is 27.2. The number of rotatable bonds is 6. The molecule has 0 aromatic heterocycles.